The number of alkyl halides is 1. The van der Waals surface area contributed by atoms with Crippen molar-refractivity contribution in [1.29, 1.82) is 0 Å². The second-order valence-corrected chi connectivity index (χ2v) is 10.6. The number of halogens is 1. The SMILES string of the molecule is C=CCCCOC(=O)[C@H]1[C@@H]2OC3(CC2Br)C(C(=O)N(CC=C)C(C)CCC)N(CCO)C(=O)[C@H]13. The third-order valence-corrected chi connectivity index (χ3v) is 8.13. The molecule has 3 aliphatic heterocycles. The molecule has 0 aromatic carbocycles. The Bertz CT molecular complexity index is 806. The van der Waals surface area contributed by atoms with Gasteiger partial charge in [0.05, 0.1) is 31.2 Å². The second kappa shape index (κ2) is 11.4. The molecule has 7 atom stereocenters. The van der Waals surface area contributed by atoms with Crippen molar-refractivity contribution in [3.05, 3.63) is 25.3 Å². The van der Waals surface area contributed by atoms with Crippen LogP contribution in [-0.2, 0) is 23.9 Å². The number of nitrogens with zero attached hydrogens (tertiary/aromatic N) is 2. The molecule has 9 heteroatoms. The van der Waals surface area contributed by atoms with Gasteiger partial charge in [0, 0.05) is 24.0 Å². The summed E-state index contributed by atoms with van der Waals surface area (Å²) in [4.78, 5) is 43.8. The lowest BCUT2D eigenvalue weighted by atomic mass is 9.70. The highest BCUT2D eigenvalue weighted by Gasteiger charge is 2.77. The summed E-state index contributed by atoms with van der Waals surface area (Å²) in [6, 6.07) is -0.971. The van der Waals surface area contributed by atoms with Crippen molar-refractivity contribution in [1.82, 2.24) is 9.80 Å². The molecule has 3 aliphatic rings. The van der Waals surface area contributed by atoms with Crippen LogP contribution >= 0.6 is 15.9 Å². The van der Waals surface area contributed by atoms with E-state index in [1.165, 1.54) is 4.90 Å². The quantitative estimate of drug-likeness (QED) is 0.167. The Balaban J connectivity index is 1.96. The monoisotopic (exact) mass is 540 g/mol. The molecule has 4 unspecified atom stereocenters. The lowest BCUT2D eigenvalue weighted by molar-refractivity contribution is -0.155. The normalized spacial score (nSPS) is 32.4. The van der Waals surface area contributed by atoms with E-state index < -0.39 is 35.6 Å². The molecule has 2 bridgehead atoms. The van der Waals surface area contributed by atoms with E-state index in [0.29, 0.717) is 19.4 Å². The van der Waals surface area contributed by atoms with Crippen LogP contribution < -0.4 is 0 Å². The van der Waals surface area contributed by atoms with Gasteiger partial charge < -0.3 is 24.4 Å². The molecule has 0 aliphatic carbocycles. The maximum Gasteiger partial charge on any atom is 0.312 e. The zero-order chi connectivity index (χ0) is 25.0. The zero-order valence-corrected chi connectivity index (χ0v) is 21.7. The fourth-order valence-corrected chi connectivity index (χ4v) is 6.82. The van der Waals surface area contributed by atoms with Crippen LogP contribution in [0.15, 0.2) is 25.3 Å². The number of carbonyl (C=O) groups excluding carboxylic acids is 3. The Kier molecular flexibility index (Phi) is 8.98. The maximum atomic E-state index is 14.0. The topological polar surface area (TPSA) is 96.4 Å². The van der Waals surface area contributed by atoms with Gasteiger partial charge in [0.25, 0.3) is 0 Å². The number of fused-ring (bicyclic) bond motifs is 1. The van der Waals surface area contributed by atoms with E-state index in [1.54, 1.807) is 17.1 Å². The van der Waals surface area contributed by atoms with E-state index in [1.807, 2.05) is 6.92 Å². The number of unbranched alkanes of at least 4 members (excludes halogenated alkanes) is 1. The predicted molar refractivity (Wildman–Crippen MR) is 131 cm³/mol. The largest absolute Gasteiger partial charge is 0.465 e. The minimum absolute atomic E-state index is 0.000338. The molecule has 0 saturated carbocycles. The number of aliphatic hydroxyl groups excluding tert-OH is 1. The highest BCUT2D eigenvalue weighted by atomic mass is 79.9. The minimum atomic E-state index is -1.14. The van der Waals surface area contributed by atoms with Crippen LogP contribution in [0.3, 0.4) is 0 Å². The fraction of sp³-hybridized carbons (Fsp3) is 0.720. The highest BCUT2D eigenvalue weighted by Crippen LogP contribution is 2.60. The number of carbonyl (C=O) groups is 3. The van der Waals surface area contributed by atoms with Gasteiger partial charge in [0.2, 0.25) is 11.8 Å². The molecule has 1 N–H and O–H groups in total. The minimum Gasteiger partial charge on any atom is -0.465 e. The van der Waals surface area contributed by atoms with Crippen molar-refractivity contribution in [2.45, 2.75) is 74.6 Å². The summed E-state index contributed by atoms with van der Waals surface area (Å²) in [6.07, 6.45) is 6.40. The molecule has 8 nitrogen and oxygen atoms in total. The second-order valence-electron chi connectivity index (χ2n) is 9.43. The molecule has 0 aromatic heterocycles. The molecule has 190 valence electrons. The first-order chi connectivity index (χ1) is 16.3. The van der Waals surface area contributed by atoms with E-state index in [0.717, 1.165) is 19.3 Å². The molecule has 3 rings (SSSR count). The number of hydrogen-bond donors (Lipinski definition) is 1. The first-order valence-corrected chi connectivity index (χ1v) is 13.1. The Hall–Kier alpha value is -1.71. The maximum absolute atomic E-state index is 14.0. The van der Waals surface area contributed by atoms with Crippen LogP contribution in [-0.4, -0.2) is 87.6 Å². The van der Waals surface area contributed by atoms with Crippen LogP contribution in [0.5, 0.6) is 0 Å². The summed E-state index contributed by atoms with van der Waals surface area (Å²) in [5.74, 6) is -2.65. The average Bonchev–Trinajstić information content (AvgIpc) is 3.39. The van der Waals surface area contributed by atoms with Crippen molar-refractivity contribution in [2.75, 3.05) is 26.3 Å². The van der Waals surface area contributed by atoms with E-state index >= 15 is 0 Å². The summed E-state index contributed by atoms with van der Waals surface area (Å²) < 4.78 is 11.9. The van der Waals surface area contributed by atoms with E-state index in [4.69, 9.17) is 9.47 Å². The number of aliphatic hydroxyl groups is 1. The number of β-amino-alcohol motifs (C(OH)–C–C–N with tert-alkyl or cyclic N) is 1. The zero-order valence-electron chi connectivity index (χ0n) is 20.2. The van der Waals surface area contributed by atoms with Crippen molar-refractivity contribution >= 4 is 33.7 Å². The number of ether oxygens (including phenoxy) is 2. The molecule has 34 heavy (non-hydrogen) atoms. The van der Waals surface area contributed by atoms with Gasteiger partial charge in [0.1, 0.15) is 11.6 Å². The van der Waals surface area contributed by atoms with Gasteiger partial charge in [-0.05, 0) is 32.6 Å². The van der Waals surface area contributed by atoms with Gasteiger partial charge in [-0.1, -0.05) is 41.4 Å². The molecule has 1 spiro atoms. The van der Waals surface area contributed by atoms with Crippen LogP contribution in [0.25, 0.3) is 0 Å². The number of likely N-dealkylation sites (tertiary alicyclic amines) is 1. The standard InChI is InChI=1S/C25H37BrN2O6/c1-5-8-9-14-33-24(32)18-19-22(30)28(12-13-29)21(25(19)15-17(26)20(18)34-25)23(31)27(11-7-3)16(4)10-6-2/h5,7,16-21,29H,1,3,6,8-15H2,2,4H3/t16?,17?,18-,19+,20-,21?,25?/m1/s1. The Morgan fingerprint density at radius 3 is 2.76 bits per heavy atom. The van der Waals surface area contributed by atoms with Crippen LogP contribution in [0.4, 0.5) is 0 Å². The van der Waals surface area contributed by atoms with Gasteiger partial charge in [0.15, 0.2) is 0 Å². The number of hydrogen-bond acceptors (Lipinski definition) is 6. The van der Waals surface area contributed by atoms with Crippen LogP contribution in [0.1, 0.15) is 46.0 Å². The molecule has 3 fully saturated rings. The van der Waals surface area contributed by atoms with E-state index in [2.05, 4.69) is 36.0 Å². The van der Waals surface area contributed by atoms with Crippen molar-refractivity contribution < 1.29 is 29.0 Å². The van der Waals surface area contributed by atoms with E-state index in [-0.39, 0.29) is 42.4 Å². The summed E-state index contributed by atoms with van der Waals surface area (Å²) >= 11 is 3.64. The molecular formula is C25H37BrN2O6. The average molecular weight is 541 g/mol. The molecule has 3 heterocycles. The molecule has 2 amide bonds. The summed E-state index contributed by atoms with van der Waals surface area (Å²) in [5.41, 5.74) is -1.14. The van der Waals surface area contributed by atoms with Crippen LogP contribution in [0, 0.1) is 11.8 Å². The molecule has 0 radical (unpaired) electrons. The van der Waals surface area contributed by atoms with Crippen molar-refractivity contribution in [3.8, 4) is 0 Å². The van der Waals surface area contributed by atoms with Gasteiger partial charge >= 0.3 is 5.97 Å². The molecular weight excluding hydrogens is 504 g/mol. The molecule has 0 aromatic rings. The Labute approximate surface area is 210 Å². The summed E-state index contributed by atoms with van der Waals surface area (Å²) in [7, 11) is 0. The summed E-state index contributed by atoms with van der Waals surface area (Å²) in [5, 5.41) is 9.72. The Morgan fingerprint density at radius 2 is 2.15 bits per heavy atom. The lowest BCUT2D eigenvalue weighted by Gasteiger charge is -2.39. The van der Waals surface area contributed by atoms with Crippen molar-refractivity contribution in [2.24, 2.45) is 11.8 Å². The first-order valence-electron chi connectivity index (χ1n) is 12.2. The number of esters is 1. The number of rotatable bonds is 13. The van der Waals surface area contributed by atoms with Crippen molar-refractivity contribution in [3.63, 3.8) is 0 Å². The van der Waals surface area contributed by atoms with Crippen LogP contribution in [0.2, 0.25) is 0 Å². The van der Waals surface area contributed by atoms with Gasteiger partial charge in [-0.3, -0.25) is 14.4 Å². The smallest absolute Gasteiger partial charge is 0.312 e. The Morgan fingerprint density at radius 1 is 1.41 bits per heavy atom. The predicted octanol–water partition coefficient (Wildman–Crippen LogP) is 2.44. The number of amides is 2. The lowest BCUT2D eigenvalue weighted by Crippen LogP contribution is -2.58. The highest BCUT2D eigenvalue weighted by molar-refractivity contribution is 9.09. The third-order valence-electron chi connectivity index (χ3n) is 7.28. The molecule has 3 saturated heterocycles. The first kappa shape index (κ1) is 26.9. The third kappa shape index (κ3) is 4.58. The van der Waals surface area contributed by atoms with Gasteiger partial charge in [-0.25, -0.2) is 0 Å². The number of allylic oxidation sites excluding steroid dienone is 1. The summed E-state index contributed by atoms with van der Waals surface area (Å²) in [6.45, 7) is 11.8. The van der Waals surface area contributed by atoms with Gasteiger partial charge in [-0.2, -0.15) is 0 Å². The van der Waals surface area contributed by atoms with Gasteiger partial charge in [-0.15, -0.1) is 13.2 Å². The van der Waals surface area contributed by atoms with E-state index in [9.17, 15) is 19.5 Å². The fourth-order valence-electron chi connectivity index (χ4n) is 5.88.